The number of ketones is 1. The maximum Gasteiger partial charge on any atom is 0.223 e. The number of Topliss-reactive ketones (excluding diaryl/α,β-unsaturated/α-hetero) is 1. The van der Waals surface area contributed by atoms with E-state index in [9.17, 15) is 9.59 Å². The van der Waals surface area contributed by atoms with E-state index in [0.717, 1.165) is 5.56 Å². The summed E-state index contributed by atoms with van der Waals surface area (Å²) in [5.41, 5.74) is 1.12. The van der Waals surface area contributed by atoms with E-state index in [-0.39, 0.29) is 23.7 Å². The first kappa shape index (κ1) is 12.8. The average molecular weight is 245 g/mol. The fourth-order valence-electron chi connectivity index (χ4n) is 2.52. The van der Waals surface area contributed by atoms with Crippen LogP contribution >= 0.6 is 0 Å². The van der Waals surface area contributed by atoms with Crippen molar-refractivity contribution in [2.75, 3.05) is 6.54 Å². The van der Waals surface area contributed by atoms with Crippen molar-refractivity contribution in [2.45, 2.75) is 32.7 Å². The first-order valence-corrected chi connectivity index (χ1v) is 6.50. The Hall–Kier alpha value is -1.64. The Morgan fingerprint density at radius 1 is 1.39 bits per heavy atom. The molecule has 0 spiro atoms. The van der Waals surface area contributed by atoms with E-state index in [0.29, 0.717) is 19.4 Å². The number of carbonyl (C=O) groups is 2. The number of amides is 1. The van der Waals surface area contributed by atoms with Crippen molar-refractivity contribution in [3.63, 3.8) is 0 Å². The smallest absolute Gasteiger partial charge is 0.223 e. The number of rotatable bonds is 4. The molecular weight excluding hydrogens is 226 g/mol. The molecular formula is C15H19NO2. The molecule has 0 bridgehead atoms. The van der Waals surface area contributed by atoms with Gasteiger partial charge in [-0.2, -0.15) is 0 Å². The molecule has 1 saturated heterocycles. The van der Waals surface area contributed by atoms with Crippen molar-refractivity contribution < 1.29 is 9.59 Å². The molecule has 0 N–H and O–H groups in total. The highest BCUT2D eigenvalue weighted by Crippen LogP contribution is 2.29. The number of hydrogen-bond donors (Lipinski definition) is 0. The molecule has 3 heteroatoms. The average Bonchev–Trinajstić information content (AvgIpc) is 2.80. The van der Waals surface area contributed by atoms with Gasteiger partial charge in [-0.3, -0.25) is 9.59 Å². The number of nitrogens with zero attached hydrogens (tertiary/aromatic N) is 1. The van der Waals surface area contributed by atoms with Gasteiger partial charge in [0.2, 0.25) is 5.91 Å². The molecule has 96 valence electrons. The summed E-state index contributed by atoms with van der Waals surface area (Å²) >= 11 is 0. The summed E-state index contributed by atoms with van der Waals surface area (Å²) < 4.78 is 0. The van der Waals surface area contributed by atoms with Crippen LogP contribution < -0.4 is 0 Å². The van der Waals surface area contributed by atoms with Crippen LogP contribution in [-0.4, -0.2) is 23.1 Å². The predicted octanol–water partition coefficient (Wildman–Crippen LogP) is 2.58. The molecule has 1 heterocycles. The van der Waals surface area contributed by atoms with Crippen molar-refractivity contribution >= 4 is 11.7 Å². The molecule has 1 aliphatic rings. The Balaban J connectivity index is 2.10. The second-order valence-corrected chi connectivity index (χ2v) is 4.85. The Kier molecular flexibility index (Phi) is 3.80. The van der Waals surface area contributed by atoms with E-state index >= 15 is 0 Å². The Labute approximate surface area is 108 Å². The summed E-state index contributed by atoms with van der Waals surface area (Å²) in [6.07, 6.45) is 0.898. The minimum atomic E-state index is -0.103. The largest absolute Gasteiger partial charge is 0.335 e. The lowest BCUT2D eigenvalue weighted by molar-refractivity contribution is -0.130. The lowest BCUT2D eigenvalue weighted by atomic mass is 10.0. The zero-order valence-corrected chi connectivity index (χ0v) is 10.9. The van der Waals surface area contributed by atoms with Gasteiger partial charge in [0, 0.05) is 25.3 Å². The van der Waals surface area contributed by atoms with Crippen molar-refractivity contribution in [1.29, 1.82) is 0 Å². The molecule has 2 atom stereocenters. The van der Waals surface area contributed by atoms with Gasteiger partial charge in [0.05, 0.1) is 6.04 Å². The van der Waals surface area contributed by atoms with Gasteiger partial charge >= 0.3 is 0 Å². The minimum Gasteiger partial charge on any atom is -0.335 e. The maximum atomic E-state index is 12.0. The van der Waals surface area contributed by atoms with Gasteiger partial charge in [-0.25, -0.2) is 0 Å². The topological polar surface area (TPSA) is 37.4 Å². The predicted molar refractivity (Wildman–Crippen MR) is 70.0 cm³/mol. The second kappa shape index (κ2) is 5.34. The Bertz CT molecular complexity index is 441. The summed E-state index contributed by atoms with van der Waals surface area (Å²) in [4.78, 5) is 25.5. The van der Waals surface area contributed by atoms with E-state index in [2.05, 4.69) is 0 Å². The summed E-state index contributed by atoms with van der Waals surface area (Å²) in [6, 6.07) is 10.0. The zero-order chi connectivity index (χ0) is 13.1. The molecule has 2 rings (SSSR count). The van der Waals surface area contributed by atoms with Crippen LogP contribution in [0.3, 0.4) is 0 Å². The van der Waals surface area contributed by atoms with Gasteiger partial charge in [0.25, 0.3) is 0 Å². The third kappa shape index (κ3) is 2.45. The number of carbonyl (C=O) groups excluding carboxylic acids is 2. The van der Waals surface area contributed by atoms with E-state index in [1.54, 1.807) is 0 Å². The molecule has 1 amide bonds. The third-order valence-electron chi connectivity index (χ3n) is 3.71. The van der Waals surface area contributed by atoms with Gasteiger partial charge in [0.1, 0.15) is 5.78 Å². The van der Waals surface area contributed by atoms with Crippen LogP contribution in [0.2, 0.25) is 0 Å². The number of benzene rings is 1. The van der Waals surface area contributed by atoms with Crippen LogP contribution in [0, 0.1) is 5.92 Å². The van der Waals surface area contributed by atoms with E-state index in [1.165, 1.54) is 0 Å². The van der Waals surface area contributed by atoms with Gasteiger partial charge in [0.15, 0.2) is 0 Å². The number of hydrogen-bond acceptors (Lipinski definition) is 2. The Morgan fingerprint density at radius 3 is 2.67 bits per heavy atom. The molecule has 0 aromatic heterocycles. The van der Waals surface area contributed by atoms with Crippen LogP contribution in [0.1, 0.15) is 38.3 Å². The molecule has 3 nitrogen and oxygen atoms in total. The van der Waals surface area contributed by atoms with Gasteiger partial charge < -0.3 is 4.90 Å². The molecule has 1 aromatic carbocycles. The highest BCUT2D eigenvalue weighted by Gasteiger charge is 2.35. The van der Waals surface area contributed by atoms with Gasteiger partial charge in [-0.1, -0.05) is 37.3 Å². The monoisotopic (exact) mass is 245 g/mol. The molecule has 1 aliphatic heterocycles. The van der Waals surface area contributed by atoms with Crippen LogP contribution in [0.25, 0.3) is 0 Å². The summed E-state index contributed by atoms with van der Waals surface area (Å²) in [5.74, 6) is 0.193. The van der Waals surface area contributed by atoms with Crippen molar-refractivity contribution in [3.05, 3.63) is 35.9 Å². The van der Waals surface area contributed by atoms with Crippen LogP contribution in [0.15, 0.2) is 30.3 Å². The standard InChI is InChI=1S/C15H19NO2/c1-3-14(17)13-9-15(18)16(10-13)11(2)12-7-5-4-6-8-12/h4-8,11,13H,3,9-10H2,1-2H3. The molecule has 0 saturated carbocycles. The third-order valence-corrected chi connectivity index (χ3v) is 3.71. The quantitative estimate of drug-likeness (QED) is 0.817. The van der Waals surface area contributed by atoms with E-state index < -0.39 is 0 Å². The lowest BCUT2D eigenvalue weighted by Gasteiger charge is -2.25. The van der Waals surface area contributed by atoms with Crippen LogP contribution in [-0.2, 0) is 9.59 Å². The fourth-order valence-corrected chi connectivity index (χ4v) is 2.52. The lowest BCUT2D eigenvalue weighted by Crippen LogP contribution is -2.29. The normalized spacial score (nSPS) is 21.1. The molecule has 1 aromatic rings. The summed E-state index contributed by atoms with van der Waals surface area (Å²) in [6.45, 7) is 4.45. The highest BCUT2D eigenvalue weighted by molar-refractivity contribution is 5.90. The molecule has 0 aliphatic carbocycles. The fraction of sp³-hybridized carbons (Fsp3) is 0.467. The second-order valence-electron chi connectivity index (χ2n) is 4.85. The van der Waals surface area contributed by atoms with Crippen molar-refractivity contribution in [3.8, 4) is 0 Å². The molecule has 2 unspecified atom stereocenters. The van der Waals surface area contributed by atoms with Crippen LogP contribution in [0.4, 0.5) is 0 Å². The minimum absolute atomic E-state index is 0.0494. The highest BCUT2D eigenvalue weighted by atomic mass is 16.2. The van der Waals surface area contributed by atoms with Crippen LogP contribution in [0.5, 0.6) is 0 Å². The molecule has 1 fully saturated rings. The molecule has 18 heavy (non-hydrogen) atoms. The first-order chi connectivity index (χ1) is 8.63. The maximum absolute atomic E-state index is 12.0. The molecule has 0 radical (unpaired) electrons. The number of likely N-dealkylation sites (tertiary alicyclic amines) is 1. The summed E-state index contributed by atoms with van der Waals surface area (Å²) in [5, 5.41) is 0. The van der Waals surface area contributed by atoms with Crippen molar-refractivity contribution in [1.82, 2.24) is 4.90 Å². The zero-order valence-electron chi connectivity index (χ0n) is 10.9. The summed E-state index contributed by atoms with van der Waals surface area (Å²) in [7, 11) is 0. The SMILES string of the molecule is CCC(=O)C1CC(=O)N(C(C)c2ccccc2)C1. The van der Waals surface area contributed by atoms with E-state index in [4.69, 9.17) is 0 Å². The van der Waals surface area contributed by atoms with E-state index in [1.807, 2.05) is 49.1 Å². The van der Waals surface area contributed by atoms with Gasteiger partial charge in [-0.05, 0) is 12.5 Å². The Morgan fingerprint density at radius 2 is 2.06 bits per heavy atom. The first-order valence-electron chi connectivity index (χ1n) is 6.50. The van der Waals surface area contributed by atoms with Gasteiger partial charge in [-0.15, -0.1) is 0 Å². The van der Waals surface area contributed by atoms with Crippen molar-refractivity contribution in [2.24, 2.45) is 5.92 Å².